The van der Waals surface area contributed by atoms with Crippen LogP contribution in [0.4, 0.5) is 0 Å². The van der Waals surface area contributed by atoms with Gasteiger partial charge in [-0.2, -0.15) is 0 Å². The first-order valence-electron chi connectivity index (χ1n) is 7.99. The Morgan fingerprint density at radius 3 is 2.75 bits per heavy atom. The molecule has 0 unspecified atom stereocenters. The van der Waals surface area contributed by atoms with E-state index in [2.05, 4.69) is 0 Å². The molecule has 0 N–H and O–H groups in total. The van der Waals surface area contributed by atoms with Gasteiger partial charge in [-0.15, -0.1) is 0 Å². The van der Waals surface area contributed by atoms with Crippen LogP contribution < -0.4 is 9.84 Å². The fourth-order valence-electron chi connectivity index (χ4n) is 4.19. The molecule has 6 nitrogen and oxygen atoms in total. The zero-order chi connectivity index (χ0) is 17.1. The van der Waals surface area contributed by atoms with Crippen molar-refractivity contribution in [3.05, 3.63) is 42.0 Å². The average molecular weight is 328 g/mol. The predicted molar refractivity (Wildman–Crippen MR) is 81.9 cm³/mol. The molecule has 2 saturated heterocycles. The van der Waals surface area contributed by atoms with E-state index in [0.717, 1.165) is 11.3 Å². The smallest absolute Gasteiger partial charge is 0.230 e. The Morgan fingerprint density at radius 2 is 2.12 bits per heavy atom. The summed E-state index contributed by atoms with van der Waals surface area (Å²) in [4.78, 5) is 26.1. The van der Waals surface area contributed by atoms with Crippen LogP contribution >= 0.6 is 0 Å². The molecule has 1 amide bonds. The van der Waals surface area contributed by atoms with Crippen LogP contribution in [0.15, 0.2) is 36.4 Å². The SMILES string of the molecule is COc1ccc([C@H](C)N2C[C@@]34C=C[C@H](O3)[C@@H](C(=O)[O-])[C@H]4C2=O)cc1. The summed E-state index contributed by atoms with van der Waals surface area (Å²) in [6.07, 6.45) is 3.04. The largest absolute Gasteiger partial charge is 0.550 e. The summed E-state index contributed by atoms with van der Waals surface area (Å²) < 4.78 is 11.0. The van der Waals surface area contributed by atoms with Gasteiger partial charge in [-0.05, 0) is 24.6 Å². The summed E-state index contributed by atoms with van der Waals surface area (Å²) in [6, 6.07) is 7.33. The van der Waals surface area contributed by atoms with Crippen molar-refractivity contribution >= 4 is 11.9 Å². The molecular weight excluding hydrogens is 310 g/mol. The number of carbonyl (C=O) groups is 2. The first-order valence-corrected chi connectivity index (χ1v) is 7.99. The van der Waals surface area contributed by atoms with E-state index < -0.39 is 29.5 Å². The summed E-state index contributed by atoms with van der Waals surface area (Å²) in [6.45, 7) is 2.29. The number of hydrogen-bond acceptors (Lipinski definition) is 5. The third-order valence-corrected chi connectivity index (χ3v) is 5.47. The zero-order valence-electron chi connectivity index (χ0n) is 13.5. The summed E-state index contributed by atoms with van der Waals surface area (Å²) >= 11 is 0. The standard InChI is InChI=1S/C18H19NO5/c1-10(11-3-5-12(23-2)6-4-11)19-9-18-8-7-13(24-18)14(17(21)22)15(18)16(19)20/h3-8,10,13-15H,9H2,1-2H3,(H,21,22)/p-1/t10-,13-,14+,15-,18+/m0/s1. The van der Waals surface area contributed by atoms with E-state index in [4.69, 9.17) is 9.47 Å². The summed E-state index contributed by atoms with van der Waals surface area (Å²) in [5.41, 5.74) is 0.136. The fourth-order valence-corrected chi connectivity index (χ4v) is 4.19. The number of carboxylic acids is 1. The quantitative estimate of drug-likeness (QED) is 0.742. The van der Waals surface area contributed by atoms with Crippen molar-refractivity contribution in [1.82, 2.24) is 4.90 Å². The third kappa shape index (κ3) is 1.92. The Labute approximate surface area is 139 Å². The molecule has 0 aliphatic carbocycles. The van der Waals surface area contributed by atoms with Crippen molar-refractivity contribution in [2.75, 3.05) is 13.7 Å². The van der Waals surface area contributed by atoms with E-state index in [1.165, 1.54) is 0 Å². The van der Waals surface area contributed by atoms with Gasteiger partial charge in [-0.1, -0.05) is 24.3 Å². The Hall–Kier alpha value is -2.34. The van der Waals surface area contributed by atoms with Gasteiger partial charge in [0.25, 0.3) is 0 Å². The van der Waals surface area contributed by atoms with Crippen LogP contribution in [0.2, 0.25) is 0 Å². The van der Waals surface area contributed by atoms with E-state index in [9.17, 15) is 14.7 Å². The highest BCUT2D eigenvalue weighted by Crippen LogP contribution is 2.53. The molecule has 6 heteroatoms. The first-order chi connectivity index (χ1) is 11.5. The second kappa shape index (κ2) is 5.08. The highest BCUT2D eigenvalue weighted by molar-refractivity contribution is 5.90. The molecule has 1 aromatic carbocycles. The molecule has 0 radical (unpaired) electrons. The van der Waals surface area contributed by atoms with Crippen molar-refractivity contribution in [3.8, 4) is 5.75 Å². The van der Waals surface area contributed by atoms with Crippen LogP contribution in [0.1, 0.15) is 18.5 Å². The molecular formula is C18H18NO5-. The topological polar surface area (TPSA) is 78.9 Å². The maximum Gasteiger partial charge on any atom is 0.230 e. The molecule has 126 valence electrons. The molecule has 3 aliphatic rings. The molecule has 1 aromatic rings. The summed E-state index contributed by atoms with van der Waals surface area (Å²) in [5.74, 6) is -2.26. The lowest BCUT2D eigenvalue weighted by molar-refractivity contribution is -0.313. The number of nitrogens with zero attached hydrogens (tertiary/aromatic N) is 1. The van der Waals surface area contributed by atoms with Crippen molar-refractivity contribution < 1.29 is 24.2 Å². The second-order valence-electron chi connectivity index (χ2n) is 6.63. The number of benzene rings is 1. The van der Waals surface area contributed by atoms with Gasteiger partial charge in [0.1, 0.15) is 11.4 Å². The number of amides is 1. The monoisotopic (exact) mass is 328 g/mol. The van der Waals surface area contributed by atoms with Gasteiger partial charge >= 0.3 is 0 Å². The number of carboxylic acid groups (broad SMARTS) is 1. The lowest BCUT2D eigenvalue weighted by Gasteiger charge is -2.28. The molecule has 1 spiro atoms. The van der Waals surface area contributed by atoms with Crippen molar-refractivity contribution in [2.24, 2.45) is 11.8 Å². The Morgan fingerprint density at radius 1 is 1.42 bits per heavy atom. The lowest BCUT2D eigenvalue weighted by Crippen LogP contribution is -2.45. The van der Waals surface area contributed by atoms with Gasteiger partial charge in [-0.25, -0.2) is 0 Å². The van der Waals surface area contributed by atoms with Crippen molar-refractivity contribution in [3.63, 3.8) is 0 Å². The number of carbonyl (C=O) groups excluding carboxylic acids is 2. The van der Waals surface area contributed by atoms with Crippen molar-refractivity contribution in [1.29, 1.82) is 0 Å². The van der Waals surface area contributed by atoms with Gasteiger partial charge < -0.3 is 24.3 Å². The van der Waals surface area contributed by atoms with E-state index in [-0.39, 0.29) is 11.9 Å². The predicted octanol–water partition coefficient (Wildman–Crippen LogP) is 0.288. The number of ether oxygens (including phenoxy) is 2. The highest BCUT2D eigenvalue weighted by Gasteiger charge is 2.65. The van der Waals surface area contributed by atoms with Crippen LogP contribution in [0.5, 0.6) is 5.75 Å². The second-order valence-corrected chi connectivity index (χ2v) is 6.63. The molecule has 2 fully saturated rings. The van der Waals surface area contributed by atoms with Crippen molar-refractivity contribution in [2.45, 2.75) is 24.7 Å². The van der Waals surface area contributed by atoms with Crippen LogP contribution in [0.3, 0.4) is 0 Å². The summed E-state index contributed by atoms with van der Waals surface area (Å²) in [5, 5.41) is 11.5. The Kier molecular flexibility index (Phi) is 3.22. The van der Waals surface area contributed by atoms with E-state index in [0.29, 0.717) is 6.54 Å². The van der Waals surface area contributed by atoms with Crippen LogP contribution in [0, 0.1) is 11.8 Å². The number of methoxy groups -OCH3 is 1. The number of hydrogen-bond donors (Lipinski definition) is 0. The minimum Gasteiger partial charge on any atom is -0.550 e. The normalized spacial score (nSPS) is 34.5. The average Bonchev–Trinajstić information content (AvgIpc) is 3.22. The summed E-state index contributed by atoms with van der Waals surface area (Å²) in [7, 11) is 1.60. The first kappa shape index (κ1) is 15.2. The number of aliphatic carboxylic acids is 1. The molecule has 0 aromatic heterocycles. The van der Waals surface area contributed by atoms with Crippen LogP contribution in [-0.4, -0.2) is 42.1 Å². The Balaban J connectivity index is 1.63. The maximum atomic E-state index is 12.9. The third-order valence-electron chi connectivity index (χ3n) is 5.47. The maximum absolute atomic E-state index is 12.9. The Bertz CT molecular complexity index is 727. The molecule has 2 bridgehead atoms. The number of rotatable bonds is 4. The zero-order valence-corrected chi connectivity index (χ0v) is 13.5. The molecule has 4 rings (SSSR count). The minimum absolute atomic E-state index is 0.179. The lowest BCUT2D eigenvalue weighted by atomic mass is 9.77. The molecule has 0 saturated carbocycles. The number of likely N-dealkylation sites (tertiary alicyclic amines) is 1. The highest BCUT2D eigenvalue weighted by atomic mass is 16.5. The van der Waals surface area contributed by atoms with Crippen LogP contribution in [-0.2, 0) is 14.3 Å². The van der Waals surface area contributed by atoms with Gasteiger partial charge in [0.2, 0.25) is 5.91 Å². The minimum atomic E-state index is -1.22. The van der Waals surface area contributed by atoms with Gasteiger partial charge in [-0.3, -0.25) is 4.79 Å². The molecule has 3 aliphatic heterocycles. The van der Waals surface area contributed by atoms with Gasteiger partial charge in [0.15, 0.2) is 0 Å². The van der Waals surface area contributed by atoms with Gasteiger partial charge in [0.05, 0.1) is 31.7 Å². The van der Waals surface area contributed by atoms with Gasteiger partial charge in [0, 0.05) is 11.9 Å². The van der Waals surface area contributed by atoms with Crippen LogP contribution in [0.25, 0.3) is 0 Å². The molecule has 24 heavy (non-hydrogen) atoms. The fraction of sp³-hybridized carbons (Fsp3) is 0.444. The van der Waals surface area contributed by atoms with E-state index in [1.807, 2.05) is 37.3 Å². The molecule has 3 heterocycles. The molecule has 5 atom stereocenters. The number of fused-ring (bicyclic) bond motifs is 1. The van der Waals surface area contributed by atoms with E-state index >= 15 is 0 Å². The van der Waals surface area contributed by atoms with E-state index in [1.54, 1.807) is 18.1 Å².